The van der Waals surface area contributed by atoms with Crippen LogP contribution in [-0.4, -0.2) is 88.5 Å². The predicted molar refractivity (Wildman–Crippen MR) is 124 cm³/mol. The second kappa shape index (κ2) is 10.4. The number of amides is 2. The molecule has 0 radical (unpaired) electrons. The molecule has 3 fully saturated rings. The number of piperidine rings is 1. The van der Waals surface area contributed by atoms with Crippen LogP contribution in [0.15, 0.2) is 18.2 Å². The van der Waals surface area contributed by atoms with Crippen molar-refractivity contribution in [1.29, 1.82) is 0 Å². The summed E-state index contributed by atoms with van der Waals surface area (Å²) in [5.74, 6) is 0.282. The Morgan fingerprint density at radius 3 is 2.64 bits per heavy atom. The second-order valence-corrected chi connectivity index (χ2v) is 10.1. The first-order valence-corrected chi connectivity index (χ1v) is 12.3. The van der Waals surface area contributed by atoms with Gasteiger partial charge in [0.15, 0.2) is 0 Å². The summed E-state index contributed by atoms with van der Waals surface area (Å²) >= 11 is 11.9. The zero-order valence-corrected chi connectivity index (χ0v) is 20.1. The van der Waals surface area contributed by atoms with E-state index in [2.05, 4.69) is 0 Å². The molecule has 2 atom stereocenters. The van der Waals surface area contributed by atoms with Gasteiger partial charge in [-0.2, -0.15) is 0 Å². The lowest BCUT2D eigenvalue weighted by atomic mass is 9.90. The number of nitrogens with zero attached hydrogens (tertiary/aromatic N) is 3. The molecule has 182 valence electrons. The highest BCUT2D eigenvalue weighted by molar-refractivity contribution is 6.42. The van der Waals surface area contributed by atoms with Crippen LogP contribution in [0, 0.1) is 5.41 Å². The van der Waals surface area contributed by atoms with Gasteiger partial charge in [-0.3, -0.25) is 9.69 Å². The maximum absolute atomic E-state index is 12.5. The highest BCUT2D eigenvalue weighted by atomic mass is 35.5. The number of β-amino-alcohol motifs (C(OH)–C–C–N with tert-alkyl or cyclic N) is 1. The van der Waals surface area contributed by atoms with E-state index in [1.54, 1.807) is 17.0 Å². The van der Waals surface area contributed by atoms with E-state index in [-0.39, 0.29) is 30.4 Å². The molecule has 1 aromatic carbocycles. The fraction of sp³-hybridized carbons (Fsp3) is 0.652. The first-order valence-electron chi connectivity index (χ1n) is 11.6. The lowest BCUT2D eigenvalue weighted by Gasteiger charge is -2.39. The zero-order valence-electron chi connectivity index (χ0n) is 18.6. The minimum absolute atomic E-state index is 0.0154. The number of carbonyl (C=O) groups is 2. The third-order valence-corrected chi connectivity index (χ3v) is 7.90. The van der Waals surface area contributed by atoms with Gasteiger partial charge < -0.3 is 24.7 Å². The Balaban J connectivity index is 1.21. The van der Waals surface area contributed by atoms with E-state index in [0.717, 1.165) is 25.8 Å². The summed E-state index contributed by atoms with van der Waals surface area (Å²) in [5.41, 5.74) is 0.113. The number of hydrogen-bond donors (Lipinski definition) is 2. The standard InChI is InChI=1S/C23H31Cl2N3O5/c24-17-4-3-16(14-18(17)25)33-22(32)27-10-5-21(31)26(12-13-27)9-1-2-20(30)28-11-8-23(6-7-23)19(29)15-28/h3-4,14,19-20,29-30H,1-2,5-13,15H2/t19-,20?/m1/s1. The normalized spacial score (nSPS) is 24.0. The van der Waals surface area contributed by atoms with Crippen LogP contribution in [0.1, 0.15) is 38.5 Å². The lowest BCUT2D eigenvalue weighted by molar-refractivity contribution is -0.130. The number of likely N-dealkylation sites (tertiary alicyclic amines) is 1. The molecule has 10 heteroatoms. The van der Waals surface area contributed by atoms with E-state index >= 15 is 0 Å². The van der Waals surface area contributed by atoms with E-state index in [0.29, 0.717) is 54.8 Å². The van der Waals surface area contributed by atoms with Crippen molar-refractivity contribution in [3.63, 3.8) is 0 Å². The van der Waals surface area contributed by atoms with E-state index in [4.69, 9.17) is 27.9 Å². The third kappa shape index (κ3) is 5.92. The first-order chi connectivity index (χ1) is 15.8. The number of halogens is 2. The molecule has 1 unspecified atom stereocenters. The van der Waals surface area contributed by atoms with Crippen LogP contribution in [0.3, 0.4) is 0 Å². The Morgan fingerprint density at radius 2 is 1.94 bits per heavy atom. The number of aliphatic hydroxyl groups is 2. The van der Waals surface area contributed by atoms with Gasteiger partial charge in [-0.15, -0.1) is 0 Å². The fourth-order valence-corrected chi connectivity index (χ4v) is 4.98. The van der Waals surface area contributed by atoms with Crippen molar-refractivity contribution >= 4 is 35.2 Å². The van der Waals surface area contributed by atoms with Crippen LogP contribution in [0.2, 0.25) is 10.0 Å². The largest absolute Gasteiger partial charge is 0.415 e. The SMILES string of the molecule is O=C1CCN(C(=O)Oc2ccc(Cl)c(Cl)c2)CCN1CCCC(O)N1CCC2(CC2)[C@H](O)C1. The number of aliphatic hydroxyl groups excluding tert-OH is 2. The number of hydrogen-bond acceptors (Lipinski definition) is 6. The average Bonchev–Trinajstić information content (AvgIpc) is 3.59. The van der Waals surface area contributed by atoms with Gasteiger partial charge in [0.05, 0.1) is 16.1 Å². The van der Waals surface area contributed by atoms with Crippen molar-refractivity contribution in [3.8, 4) is 5.75 Å². The Bertz CT molecular complexity index is 882. The van der Waals surface area contributed by atoms with E-state index in [1.807, 2.05) is 4.90 Å². The van der Waals surface area contributed by atoms with Gasteiger partial charge in [-0.25, -0.2) is 4.79 Å². The zero-order chi connectivity index (χ0) is 23.6. The average molecular weight is 500 g/mol. The Labute approximate surface area is 204 Å². The quantitative estimate of drug-likeness (QED) is 0.624. The van der Waals surface area contributed by atoms with Crippen LogP contribution in [0.5, 0.6) is 5.75 Å². The van der Waals surface area contributed by atoms with Gasteiger partial charge in [0.25, 0.3) is 0 Å². The Kier molecular flexibility index (Phi) is 7.70. The molecule has 2 saturated heterocycles. The first kappa shape index (κ1) is 24.5. The molecule has 0 aromatic heterocycles. The highest BCUT2D eigenvalue weighted by Gasteiger charge is 2.51. The van der Waals surface area contributed by atoms with Crippen molar-refractivity contribution in [2.24, 2.45) is 5.41 Å². The molecule has 1 aromatic rings. The molecule has 4 rings (SSSR count). The van der Waals surface area contributed by atoms with E-state index < -0.39 is 12.3 Å². The lowest BCUT2D eigenvalue weighted by Crippen LogP contribution is -2.49. The smallest absolute Gasteiger partial charge is 0.410 e. The van der Waals surface area contributed by atoms with Gasteiger partial charge >= 0.3 is 6.09 Å². The second-order valence-electron chi connectivity index (χ2n) is 9.31. The summed E-state index contributed by atoms with van der Waals surface area (Å²) < 4.78 is 5.38. The molecule has 2 N–H and O–H groups in total. The Morgan fingerprint density at radius 1 is 1.15 bits per heavy atom. The maximum atomic E-state index is 12.5. The molecule has 1 saturated carbocycles. The highest BCUT2D eigenvalue weighted by Crippen LogP contribution is 2.53. The summed E-state index contributed by atoms with van der Waals surface area (Å²) in [4.78, 5) is 30.2. The number of ether oxygens (including phenoxy) is 1. The van der Waals surface area contributed by atoms with Crippen LogP contribution in [0.25, 0.3) is 0 Å². The van der Waals surface area contributed by atoms with E-state index in [1.165, 1.54) is 11.0 Å². The van der Waals surface area contributed by atoms with Crippen molar-refractivity contribution in [2.75, 3.05) is 39.3 Å². The molecule has 2 amide bonds. The molecule has 33 heavy (non-hydrogen) atoms. The van der Waals surface area contributed by atoms with Crippen LogP contribution in [-0.2, 0) is 4.79 Å². The maximum Gasteiger partial charge on any atom is 0.415 e. The van der Waals surface area contributed by atoms with Crippen molar-refractivity contribution < 1.29 is 24.5 Å². The van der Waals surface area contributed by atoms with Crippen molar-refractivity contribution in [1.82, 2.24) is 14.7 Å². The molecule has 2 aliphatic heterocycles. The predicted octanol–water partition coefficient (Wildman–Crippen LogP) is 2.97. The fourth-order valence-electron chi connectivity index (χ4n) is 4.69. The number of benzene rings is 1. The van der Waals surface area contributed by atoms with Crippen molar-refractivity contribution in [2.45, 2.75) is 50.9 Å². The molecule has 8 nitrogen and oxygen atoms in total. The topological polar surface area (TPSA) is 93.5 Å². The molecule has 3 aliphatic rings. The van der Waals surface area contributed by atoms with Crippen LogP contribution in [0.4, 0.5) is 4.79 Å². The van der Waals surface area contributed by atoms with Gasteiger partial charge in [0, 0.05) is 51.8 Å². The molecule has 0 bridgehead atoms. The Hall–Kier alpha value is -1.58. The molecule has 2 heterocycles. The van der Waals surface area contributed by atoms with Gasteiger partial charge in [-0.1, -0.05) is 23.2 Å². The molecule has 1 spiro atoms. The monoisotopic (exact) mass is 499 g/mol. The summed E-state index contributed by atoms with van der Waals surface area (Å²) in [6, 6.07) is 4.61. The van der Waals surface area contributed by atoms with Gasteiger partial charge in [-0.05, 0) is 49.7 Å². The third-order valence-electron chi connectivity index (χ3n) is 7.16. The summed E-state index contributed by atoms with van der Waals surface area (Å²) in [7, 11) is 0. The molecule has 1 aliphatic carbocycles. The number of rotatable bonds is 6. The van der Waals surface area contributed by atoms with Gasteiger partial charge in [0.2, 0.25) is 5.91 Å². The summed E-state index contributed by atoms with van der Waals surface area (Å²) in [6.45, 7) is 2.90. The van der Waals surface area contributed by atoms with Gasteiger partial charge in [0.1, 0.15) is 12.0 Å². The van der Waals surface area contributed by atoms with Crippen LogP contribution < -0.4 is 4.74 Å². The minimum atomic E-state index is -0.615. The molecular formula is C23H31Cl2N3O5. The van der Waals surface area contributed by atoms with Crippen LogP contribution >= 0.6 is 23.2 Å². The summed E-state index contributed by atoms with van der Waals surface area (Å²) in [6.07, 6.45) is 3.02. The summed E-state index contributed by atoms with van der Waals surface area (Å²) in [5, 5.41) is 21.6. The molecular weight excluding hydrogens is 469 g/mol. The van der Waals surface area contributed by atoms with Crippen molar-refractivity contribution in [3.05, 3.63) is 28.2 Å². The van der Waals surface area contributed by atoms with E-state index in [9.17, 15) is 19.8 Å². The number of carbonyl (C=O) groups excluding carboxylic acids is 2. The minimum Gasteiger partial charge on any atom is -0.410 e.